The Hall–Kier alpha value is -1.30. The summed E-state index contributed by atoms with van der Waals surface area (Å²) in [5.41, 5.74) is 2.06. The highest BCUT2D eigenvalue weighted by molar-refractivity contribution is 5.56. The molecule has 1 aliphatic heterocycles. The van der Waals surface area contributed by atoms with Gasteiger partial charge >= 0.3 is 0 Å². The average molecular weight is 333 g/mol. The Kier molecular flexibility index (Phi) is 3.98. The fourth-order valence-electron chi connectivity index (χ4n) is 5.59. The van der Waals surface area contributed by atoms with Gasteiger partial charge in [0, 0.05) is 30.7 Å². The van der Waals surface area contributed by atoms with Gasteiger partial charge in [0.05, 0.1) is 19.3 Å². The molecule has 3 aliphatic rings. The van der Waals surface area contributed by atoms with E-state index in [0.717, 1.165) is 37.8 Å². The number of nitrogens with zero attached hydrogens (tertiary/aromatic N) is 1. The standard InChI is InChI=1S/C19H27NO4/c1-20-11-19-10-13(24-8-7-23-2)4-5-14(19)15(20)9-12-3-6-16(21)18(22)17(12)19/h3,6,13-15,21-22H,4-5,7-11H2,1-2H3/t13-,14?,15-,19-/m1/s1. The number of phenols is 2. The van der Waals surface area contributed by atoms with Crippen molar-refractivity contribution in [1.82, 2.24) is 4.90 Å². The zero-order valence-corrected chi connectivity index (χ0v) is 14.5. The first-order chi connectivity index (χ1) is 11.6. The number of hydrogen-bond acceptors (Lipinski definition) is 5. The van der Waals surface area contributed by atoms with E-state index in [1.807, 2.05) is 6.07 Å². The molecule has 5 nitrogen and oxygen atoms in total. The zero-order chi connectivity index (χ0) is 16.9. The molecular formula is C19H27NO4. The van der Waals surface area contributed by atoms with Crippen LogP contribution in [0.3, 0.4) is 0 Å². The highest BCUT2D eigenvalue weighted by Gasteiger charge is 2.59. The lowest BCUT2D eigenvalue weighted by Gasteiger charge is -2.47. The molecule has 5 heteroatoms. The van der Waals surface area contributed by atoms with Gasteiger partial charge in [-0.05, 0) is 50.3 Å². The number of fused-ring (bicyclic) bond motifs is 1. The molecule has 132 valence electrons. The average Bonchev–Trinajstić information content (AvgIpc) is 2.76. The molecule has 24 heavy (non-hydrogen) atoms. The molecular weight excluding hydrogens is 306 g/mol. The summed E-state index contributed by atoms with van der Waals surface area (Å²) >= 11 is 0. The lowest BCUT2D eigenvalue weighted by molar-refractivity contribution is -0.0286. The number of ether oxygens (including phenoxy) is 2. The van der Waals surface area contributed by atoms with E-state index in [-0.39, 0.29) is 23.0 Å². The van der Waals surface area contributed by atoms with Gasteiger partial charge in [-0.2, -0.15) is 0 Å². The Morgan fingerprint density at radius 1 is 1.25 bits per heavy atom. The van der Waals surface area contributed by atoms with Gasteiger partial charge in [-0.25, -0.2) is 0 Å². The number of aromatic hydroxyl groups is 2. The van der Waals surface area contributed by atoms with E-state index in [4.69, 9.17) is 9.47 Å². The maximum atomic E-state index is 10.7. The SMILES string of the molecule is COCCO[C@@H]1CCC2[C@H]3Cc4ccc(O)c(O)c4[C@]2(C1)CN3C. The van der Waals surface area contributed by atoms with Crippen LogP contribution in [0.15, 0.2) is 12.1 Å². The smallest absolute Gasteiger partial charge is 0.161 e. The monoisotopic (exact) mass is 333 g/mol. The maximum Gasteiger partial charge on any atom is 0.161 e. The minimum Gasteiger partial charge on any atom is -0.504 e. The quantitative estimate of drug-likeness (QED) is 0.652. The van der Waals surface area contributed by atoms with Crippen molar-refractivity contribution < 1.29 is 19.7 Å². The van der Waals surface area contributed by atoms with E-state index in [1.54, 1.807) is 13.2 Å². The fourth-order valence-corrected chi connectivity index (χ4v) is 5.59. The summed E-state index contributed by atoms with van der Waals surface area (Å²) < 4.78 is 11.2. The second kappa shape index (κ2) is 5.90. The first-order valence-electron chi connectivity index (χ1n) is 8.92. The summed E-state index contributed by atoms with van der Waals surface area (Å²) in [7, 11) is 3.88. The Labute approximate surface area is 143 Å². The molecule has 0 amide bonds. The maximum absolute atomic E-state index is 10.7. The van der Waals surface area contributed by atoms with Crippen LogP contribution < -0.4 is 0 Å². The third kappa shape index (κ3) is 2.25. The molecule has 1 aromatic carbocycles. The van der Waals surface area contributed by atoms with Gasteiger partial charge in [0.2, 0.25) is 0 Å². The Bertz CT molecular complexity index is 634. The molecule has 0 spiro atoms. The largest absolute Gasteiger partial charge is 0.504 e. The molecule has 1 saturated carbocycles. The molecule has 1 aromatic rings. The number of likely N-dealkylation sites (N-methyl/N-ethyl adjacent to an activating group) is 1. The normalized spacial score (nSPS) is 34.8. The third-order valence-corrected chi connectivity index (χ3v) is 6.47. The van der Waals surface area contributed by atoms with Crippen LogP contribution in [0.2, 0.25) is 0 Å². The van der Waals surface area contributed by atoms with Gasteiger partial charge in [0.15, 0.2) is 11.5 Å². The zero-order valence-electron chi connectivity index (χ0n) is 14.5. The fraction of sp³-hybridized carbons (Fsp3) is 0.684. The summed E-state index contributed by atoms with van der Waals surface area (Å²) in [6.07, 6.45) is 4.24. The van der Waals surface area contributed by atoms with Crippen molar-refractivity contribution in [1.29, 1.82) is 0 Å². The predicted molar refractivity (Wildman–Crippen MR) is 90.5 cm³/mol. The highest BCUT2D eigenvalue weighted by atomic mass is 16.5. The Morgan fingerprint density at radius 3 is 2.88 bits per heavy atom. The topological polar surface area (TPSA) is 62.2 Å². The van der Waals surface area contributed by atoms with Crippen LogP contribution in [0.25, 0.3) is 0 Å². The molecule has 1 heterocycles. The van der Waals surface area contributed by atoms with Crippen molar-refractivity contribution in [2.75, 3.05) is 33.9 Å². The summed E-state index contributed by atoms with van der Waals surface area (Å²) in [6.45, 7) is 2.15. The molecule has 2 fully saturated rings. The molecule has 1 saturated heterocycles. The van der Waals surface area contributed by atoms with Crippen molar-refractivity contribution in [3.63, 3.8) is 0 Å². The van der Waals surface area contributed by atoms with Gasteiger partial charge in [0.1, 0.15) is 0 Å². The second-order valence-electron chi connectivity index (χ2n) is 7.68. The molecule has 1 unspecified atom stereocenters. The van der Waals surface area contributed by atoms with Crippen LogP contribution in [-0.2, 0) is 21.3 Å². The van der Waals surface area contributed by atoms with Crippen molar-refractivity contribution in [2.45, 2.75) is 43.2 Å². The molecule has 2 N–H and O–H groups in total. The van der Waals surface area contributed by atoms with E-state index >= 15 is 0 Å². The first-order valence-corrected chi connectivity index (χ1v) is 8.92. The van der Waals surface area contributed by atoms with Gasteiger partial charge in [-0.1, -0.05) is 6.07 Å². The number of likely N-dealkylation sites (tertiary alicyclic amines) is 1. The minimum atomic E-state index is -0.105. The minimum absolute atomic E-state index is 0.00250. The number of rotatable bonds is 4. The molecule has 0 radical (unpaired) electrons. The summed E-state index contributed by atoms with van der Waals surface area (Å²) in [6, 6.07) is 4.14. The van der Waals surface area contributed by atoms with Gasteiger partial charge in [-0.15, -0.1) is 0 Å². The Morgan fingerprint density at radius 2 is 2.08 bits per heavy atom. The van der Waals surface area contributed by atoms with Crippen molar-refractivity contribution in [3.05, 3.63) is 23.3 Å². The number of phenolic OH excluding ortho intramolecular Hbond substituents is 2. The van der Waals surface area contributed by atoms with Crippen LogP contribution in [0.5, 0.6) is 11.5 Å². The van der Waals surface area contributed by atoms with Gasteiger partial charge in [-0.3, -0.25) is 0 Å². The molecule has 2 aliphatic carbocycles. The van der Waals surface area contributed by atoms with Gasteiger partial charge in [0.25, 0.3) is 0 Å². The van der Waals surface area contributed by atoms with E-state index in [2.05, 4.69) is 11.9 Å². The van der Waals surface area contributed by atoms with Crippen LogP contribution in [-0.4, -0.2) is 61.2 Å². The van der Waals surface area contributed by atoms with Crippen LogP contribution >= 0.6 is 0 Å². The van der Waals surface area contributed by atoms with E-state index < -0.39 is 0 Å². The molecule has 0 aromatic heterocycles. The first kappa shape index (κ1) is 16.2. The van der Waals surface area contributed by atoms with E-state index in [0.29, 0.717) is 25.2 Å². The van der Waals surface area contributed by atoms with E-state index in [9.17, 15) is 10.2 Å². The lowest BCUT2D eigenvalue weighted by Crippen LogP contribution is -2.48. The van der Waals surface area contributed by atoms with Crippen LogP contribution in [0.4, 0.5) is 0 Å². The number of benzene rings is 1. The molecule has 4 atom stereocenters. The summed E-state index contributed by atoms with van der Waals surface area (Å²) in [5.74, 6) is 0.617. The number of hydrogen-bond donors (Lipinski definition) is 2. The Balaban J connectivity index is 1.72. The highest BCUT2D eigenvalue weighted by Crippen LogP contribution is 2.59. The summed E-state index contributed by atoms with van der Waals surface area (Å²) in [4.78, 5) is 2.44. The summed E-state index contributed by atoms with van der Waals surface area (Å²) in [5, 5.41) is 20.7. The van der Waals surface area contributed by atoms with Crippen molar-refractivity contribution in [3.8, 4) is 11.5 Å². The lowest BCUT2D eigenvalue weighted by atomic mass is 9.57. The molecule has 2 bridgehead atoms. The third-order valence-electron chi connectivity index (χ3n) is 6.47. The van der Waals surface area contributed by atoms with E-state index in [1.165, 1.54) is 5.56 Å². The van der Waals surface area contributed by atoms with Gasteiger partial charge < -0.3 is 24.6 Å². The van der Waals surface area contributed by atoms with Crippen LogP contribution in [0.1, 0.15) is 30.4 Å². The molecule has 4 rings (SSSR count). The van der Waals surface area contributed by atoms with Crippen molar-refractivity contribution >= 4 is 0 Å². The van der Waals surface area contributed by atoms with Crippen molar-refractivity contribution in [2.24, 2.45) is 5.92 Å². The van der Waals surface area contributed by atoms with Crippen LogP contribution in [0, 0.1) is 5.92 Å². The predicted octanol–water partition coefficient (Wildman–Crippen LogP) is 2.04. The second-order valence-corrected chi connectivity index (χ2v) is 7.68. The number of methoxy groups -OCH3 is 1.